The maximum Gasteiger partial charge on any atom is 0.306 e. The van der Waals surface area contributed by atoms with Crippen molar-refractivity contribution in [1.82, 2.24) is 0 Å². The molecule has 18 heavy (non-hydrogen) atoms. The molecule has 1 aromatic rings. The summed E-state index contributed by atoms with van der Waals surface area (Å²) in [5.41, 5.74) is 0.450. The highest BCUT2D eigenvalue weighted by Crippen LogP contribution is 2.37. The number of halogens is 1. The summed E-state index contributed by atoms with van der Waals surface area (Å²) >= 11 is 5.93. The fourth-order valence-corrected chi connectivity index (χ4v) is 2.06. The Hall–Kier alpha value is -1.22. The zero-order valence-corrected chi connectivity index (χ0v) is 11.7. The van der Waals surface area contributed by atoms with Gasteiger partial charge >= 0.3 is 5.97 Å². The number of phenolic OH excluding ortho intramolecular Hbond substituents is 1. The van der Waals surface area contributed by atoms with Gasteiger partial charge in [-0.3, -0.25) is 4.79 Å². The summed E-state index contributed by atoms with van der Waals surface area (Å²) in [7, 11) is 0. The van der Waals surface area contributed by atoms with Crippen molar-refractivity contribution in [2.75, 3.05) is 0 Å². The monoisotopic (exact) mass is 270 g/mol. The number of aromatic hydroxyl groups is 1. The Labute approximate surface area is 112 Å². The van der Waals surface area contributed by atoms with Gasteiger partial charge in [-0.15, -0.1) is 0 Å². The van der Waals surface area contributed by atoms with Gasteiger partial charge in [0.15, 0.2) is 0 Å². The molecule has 0 bridgehead atoms. The number of phenols is 1. The minimum absolute atomic E-state index is 0.201. The van der Waals surface area contributed by atoms with E-state index in [-0.39, 0.29) is 17.1 Å². The van der Waals surface area contributed by atoms with Gasteiger partial charge in [0.1, 0.15) is 5.75 Å². The number of hydrogen-bond acceptors (Lipinski definition) is 2. The van der Waals surface area contributed by atoms with Crippen LogP contribution in [0.25, 0.3) is 0 Å². The highest BCUT2D eigenvalue weighted by molar-refractivity contribution is 6.30. The molecular weight excluding hydrogens is 252 g/mol. The molecule has 100 valence electrons. The fraction of sp³-hybridized carbons (Fsp3) is 0.500. The highest BCUT2D eigenvalue weighted by Gasteiger charge is 2.26. The van der Waals surface area contributed by atoms with Gasteiger partial charge in [-0.1, -0.05) is 32.4 Å². The Kier molecular flexibility index (Phi) is 4.63. The molecule has 1 aromatic carbocycles. The van der Waals surface area contributed by atoms with Crippen molar-refractivity contribution in [2.24, 2.45) is 5.92 Å². The molecule has 2 N–H and O–H groups in total. The molecule has 0 saturated carbocycles. The van der Waals surface area contributed by atoms with Gasteiger partial charge in [0, 0.05) is 10.6 Å². The molecule has 0 heterocycles. The van der Waals surface area contributed by atoms with Crippen molar-refractivity contribution in [3.05, 3.63) is 28.8 Å². The molecule has 0 aliphatic rings. The van der Waals surface area contributed by atoms with Crippen LogP contribution in [0, 0.1) is 5.92 Å². The molecule has 0 amide bonds. The predicted octanol–water partition coefficient (Wildman–Crippen LogP) is 3.82. The smallest absolute Gasteiger partial charge is 0.306 e. The quantitative estimate of drug-likeness (QED) is 0.855. The first-order valence-corrected chi connectivity index (χ1v) is 6.33. The molecule has 0 spiro atoms. The lowest BCUT2D eigenvalue weighted by atomic mass is 9.78. The third-order valence-corrected chi connectivity index (χ3v) is 3.55. The van der Waals surface area contributed by atoms with E-state index >= 15 is 0 Å². The summed E-state index contributed by atoms with van der Waals surface area (Å²) in [5, 5.41) is 19.3. The van der Waals surface area contributed by atoms with Gasteiger partial charge in [-0.05, 0) is 36.5 Å². The first-order chi connectivity index (χ1) is 8.24. The maximum atomic E-state index is 10.8. The molecule has 0 saturated heterocycles. The van der Waals surface area contributed by atoms with Crippen LogP contribution in [-0.4, -0.2) is 16.2 Å². The average molecular weight is 271 g/mol. The van der Waals surface area contributed by atoms with E-state index in [9.17, 15) is 9.90 Å². The van der Waals surface area contributed by atoms with Gasteiger partial charge in [-0.2, -0.15) is 0 Å². The zero-order chi connectivity index (χ0) is 13.9. The number of hydrogen-bond donors (Lipinski definition) is 2. The maximum absolute atomic E-state index is 10.8. The molecule has 1 atom stereocenters. The third kappa shape index (κ3) is 3.64. The third-order valence-electron chi connectivity index (χ3n) is 3.31. The van der Waals surface area contributed by atoms with Crippen LogP contribution in [0.2, 0.25) is 5.02 Å². The predicted molar refractivity (Wildman–Crippen MR) is 72.2 cm³/mol. The number of carbonyl (C=O) groups is 1. The SMILES string of the molecule is CC(CCC(C)(C)c1cc(Cl)ccc1O)C(=O)O. The van der Waals surface area contributed by atoms with E-state index in [1.165, 1.54) is 0 Å². The summed E-state index contributed by atoms with van der Waals surface area (Å²) in [4.78, 5) is 10.8. The summed E-state index contributed by atoms with van der Waals surface area (Å²) in [6, 6.07) is 4.94. The topological polar surface area (TPSA) is 57.5 Å². The molecule has 4 heteroatoms. The molecule has 0 radical (unpaired) electrons. The summed E-state index contributed by atoms with van der Waals surface area (Å²) in [6.07, 6.45) is 1.24. The summed E-state index contributed by atoms with van der Waals surface area (Å²) < 4.78 is 0. The van der Waals surface area contributed by atoms with Gasteiger partial charge < -0.3 is 10.2 Å². The zero-order valence-electron chi connectivity index (χ0n) is 10.9. The average Bonchev–Trinajstić information content (AvgIpc) is 2.29. The minimum atomic E-state index is -0.791. The largest absolute Gasteiger partial charge is 0.508 e. The second kappa shape index (κ2) is 5.61. The second-order valence-corrected chi connectivity index (χ2v) is 5.76. The van der Waals surface area contributed by atoms with E-state index in [2.05, 4.69) is 0 Å². The van der Waals surface area contributed by atoms with Gasteiger partial charge in [-0.25, -0.2) is 0 Å². The first-order valence-electron chi connectivity index (χ1n) is 5.96. The Morgan fingerprint density at radius 1 is 1.44 bits per heavy atom. The number of rotatable bonds is 5. The van der Waals surface area contributed by atoms with Crippen LogP contribution in [0.5, 0.6) is 5.75 Å². The van der Waals surface area contributed by atoms with E-state index < -0.39 is 5.97 Å². The van der Waals surface area contributed by atoms with E-state index in [0.717, 1.165) is 5.56 Å². The molecule has 1 rings (SSSR count). The highest BCUT2D eigenvalue weighted by atomic mass is 35.5. The van der Waals surface area contributed by atoms with Crippen LogP contribution >= 0.6 is 11.6 Å². The standard InChI is InChI=1S/C14H19ClO3/c1-9(13(17)18)6-7-14(2,3)11-8-10(15)4-5-12(11)16/h4-5,8-9,16H,6-7H2,1-3H3,(H,17,18). The van der Waals surface area contributed by atoms with Crippen molar-refractivity contribution in [2.45, 2.75) is 39.0 Å². The first kappa shape index (κ1) is 14.8. The molecule has 1 unspecified atom stereocenters. The lowest BCUT2D eigenvalue weighted by molar-refractivity contribution is -0.141. The summed E-state index contributed by atoms with van der Waals surface area (Å²) in [5.74, 6) is -0.973. The fourth-order valence-electron chi connectivity index (χ4n) is 1.89. The van der Waals surface area contributed by atoms with Crippen LogP contribution < -0.4 is 0 Å². The summed E-state index contributed by atoms with van der Waals surface area (Å²) in [6.45, 7) is 5.65. The lowest BCUT2D eigenvalue weighted by Crippen LogP contribution is -2.20. The Balaban J connectivity index is 2.85. The van der Waals surface area contributed by atoms with Crippen molar-refractivity contribution in [3.8, 4) is 5.75 Å². The minimum Gasteiger partial charge on any atom is -0.508 e. The lowest BCUT2D eigenvalue weighted by Gasteiger charge is -2.27. The molecule has 0 aliphatic heterocycles. The molecule has 0 aromatic heterocycles. The van der Waals surface area contributed by atoms with Crippen LogP contribution in [0.3, 0.4) is 0 Å². The Morgan fingerprint density at radius 3 is 2.61 bits per heavy atom. The normalized spacial score (nSPS) is 13.3. The Morgan fingerprint density at radius 2 is 2.06 bits per heavy atom. The van der Waals surface area contributed by atoms with Crippen molar-refractivity contribution in [1.29, 1.82) is 0 Å². The number of carboxylic acids is 1. The number of carboxylic acid groups (broad SMARTS) is 1. The van der Waals surface area contributed by atoms with Gasteiger partial charge in [0.25, 0.3) is 0 Å². The molecule has 0 fully saturated rings. The van der Waals surface area contributed by atoms with E-state index in [1.807, 2.05) is 13.8 Å². The van der Waals surface area contributed by atoms with E-state index in [1.54, 1.807) is 25.1 Å². The Bertz CT molecular complexity index is 441. The van der Waals surface area contributed by atoms with Crippen molar-refractivity contribution in [3.63, 3.8) is 0 Å². The van der Waals surface area contributed by atoms with Crippen LogP contribution in [0.4, 0.5) is 0 Å². The van der Waals surface area contributed by atoms with Crippen LogP contribution in [0.15, 0.2) is 18.2 Å². The van der Waals surface area contributed by atoms with Crippen molar-refractivity contribution >= 4 is 17.6 Å². The molecule has 0 aliphatic carbocycles. The van der Waals surface area contributed by atoms with Crippen molar-refractivity contribution < 1.29 is 15.0 Å². The van der Waals surface area contributed by atoms with E-state index in [0.29, 0.717) is 17.9 Å². The van der Waals surface area contributed by atoms with Crippen LogP contribution in [0.1, 0.15) is 39.2 Å². The van der Waals surface area contributed by atoms with Gasteiger partial charge in [0.05, 0.1) is 5.92 Å². The van der Waals surface area contributed by atoms with Crippen LogP contribution in [-0.2, 0) is 10.2 Å². The molecule has 3 nitrogen and oxygen atoms in total. The number of aliphatic carboxylic acids is 1. The molecular formula is C14H19ClO3. The second-order valence-electron chi connectivity index (χ2n) is 5.32. The van der Waals surface area contributed by atoms with Gasteiger partial charge in [0.2, 0.25) is 0 Å². The van der Waals surface area contributed by atoms with E-state index in [4.69, 9.17) is 16.7 Å². The number of benzene rings is 1.